The first-order chi connectivity index (χ1) is 16.6. The number of ether oxygens (including phenoxy) is 2. The number of nitrogens with zero attached hydrogens (tertiary/aromatic N) is 2. The summed E-state index contributed by atoms with van der Waals surface area (Å²) in [7, 11) is 1.61. The number of hydrogen-bond donors (Lipinski definition) is 0. The Morgan fingerprint density at radius 3 is 2.41 bits per heavy atom. The molecule has 1 aliphatic heterocycles. The minimum Gasteiger partial charge on any atom is -0.493 e. The van der Waals surface area contributed by atoms with Crippen LogP contribution < -0.4 is 9.47 Å². The summed E-state index contributed by atoms with van der Waals surface area (Å²) in [5.41, 5.74) is 2.72. The second-order valence-corrected chi connectivity index (χ2v) is 9.46. The minimum absolute atomic E-state index is 0.0446. The number of amidine groups is 1. The van der Waals surface area contributed by atoms with Crippen LogP contribution in [0.5, 0.6) is 11.5 Å². The number of carbonyl (C=O) groups excluding carboxylic acids is 1. The maximum absolute atomic E-state index is 13.2. The van der Waals surface area contributed by atoms with E-state index in [0.29, 0.717) is 34.7 Å². The van der Waals surface area contributed by atoms with E-state index in [2.05, 4.69) is 22.9 Å². The molecule has 0 N–H and O–H groups in total. The molecule has 34 heavy (non-hydrogen) atoms. The lowest BCUT2D eigenvalue weighted by molar-refractivity contribution is -0.122. The molecule has 7 heteroatoms. The second kappa shape index (κ2) is 11.4. The lowest BCUT2D eigenvalue weighted by atomic mass is 10.1. The zero-order chi connectivity index (χ0) is 23.9. The molecule has 4 rings (SSSR count). The van der Waals surface area contributed by atoms with Crippen LogP contribution in [-0.4, -0.2) is 29.6 Å². The topological polar surface area (TPSA) is 51.1 Å². The van der Waals surface area contributed by atoms with E-state index in [-0.39, 0.29) is 5.91 Å². The average molecular weight is 537 g/mol. The summed E-state index contributed by atoms with van der Waals surface area (Å²) < 4.78 is 12.4. The number of hydrogen-bond acceptors (Lipinski definition) is 5. The predicted octanol–water partition coefficient (Wildman–Crippen LogP) is 7.05. The highest BCUT2D eigenvalue weighted by atomic mass is 79.9. The molecule has 0 atom stereocenters. The fourth-order valence-electron chi connectivity index (χ4n) is 3.44. The van der Waals surface area contributed by atoms with Crippen LogP contribution in [-0.2, 0) is 11.4 Å². The predicted molar refractivity (Wildman–Crippen MR) is 143 cm³/mol. The normalized spacial score (nSPS) is 15.9. The third-order valence-corrected chi connectivity index (χ3v) is 6.82. The highest BCUT2D eigenvalue weighted by molar-refractivity contribution is 9.10. The van der Waals surface area contributed by atoms with Gasteiger partial charge < -0.3 is 9.47 Å². The highest BCUT2D eigenvalue weighted by Gasteiger charge is 2.33. The third kappa shape index (κ3) is 5.72. The van der Waals surface area contributed by atoms with Gasteiger partial charge in [-0.3, -0.25) is 9.69 Å². The summed E-state index contributed by atoms with van der Waals surface area (Å²) in [6.45, 7) is 3.10. The number of halogens is 1. The van der Waals surface area contributed by atoms with Gasteiger partial charge in [0.2, 0.25) is 0 Å². The van der Waals surface area contributed by atoms with E-state index in [1.54, 1.807) is 12.0 Å². The van der Waals surface area contributed by atoms with Crippen LogP contribution in [0.15, 0.2) is 87.2 Å². The van der Waals surface area contributed by atoms with Crippen LogP contribution >= 0.6 is 27.7 Å². The zero-order valence-electron chi connectivity index (χ0n) is 19.0. The fraction of sp³-hybridized carbons (Fsp3) is 0.185. The van der Waals surface area contributed by atoms with E-state index in [4.69, 9.17) is 14.5 Å². The summed E-state index contributed by atoms with van der Waals surface area (Å²) in [5.74, 6) is 1.19. The summed E-state index contributed by atoms with van der Waals surface area (Å²) in [4.78, 5) is 20.2. The second-order valence-electron chi connectivity index (χ2n) is 7.60. The molecule has 5 nitrogen and oxygen atoms in total. The Kier molecular flexibility index (Phi) is 8.08. The summed E-state index contributed by atoms with van der Waals surface area (Å²) >= 11 is 5.02. The number of carbonyl (C=O) groups is 1. The van der Waals surface area contributed by atoms with Crippen molar-refractivity contribution in [1.29, 1.82) is 0 Å². The van der Waals surface area contributed by atoms with E-state index in [1.807, 2.05) is 78.9 Å². The van der Waals surface area contributed by atoms with Gasteiger partial charge in [0.25, 0.3) is 5.91 Å². The Morgan fingerprint density at radius 2 is 1.74 bits per heavy atom. The first-order valence-corrected chi connectivity index (χ1v) is 12.6. The number of aliphatic imine (C=N–C) groups is 1. The van der Waals surface area contributed by atoms with Crippen LogP contribution in [0.1, 0.15) is 24.5 Å². The SMILES string of the molecule is CCCN1C(=O)/C(=C\c2cc(OC)c(OCc3ccccc3)cc2Br)SC1=Nc1ccccc1. The maximum atomic E-state index is 13.2. The average Bonchev–Trinajstić information content (AvgIpc) is 3.14. The number of methoxy groups -OCH3 is 1. The van der Waals surface area contributed by atoms with Crippen molar-refractivity contribution in [3.05, 3.63) is 93.3 Å². The molecule has 0 spiro atoms. The monoisotopic (exact) mass is 536 g/mol. The number of thioether (sulfide) groups is 1. The van der Waals surface area contributed by atoms with Gasteiger partial charge in [0, 0.05) is 11.0 Å². The molecule has 1 saturated heterocycles. The van der Waals surface area contributed by atoms with Gasteiger partial charge in [0.15, 0.2) is 16.7 Å². The van der Waals surface area contributed by atoms with Gasteiger partial charge in [-0.2, -0.15) is 0 Å². The van der Waals surface area contributed by atoms with E-state index in [9.17, 15) is 4.79 Å². The minimum atomic E-state index is -0.0446. The van der Waals surface area contributed by atoms with Gasteiger partial charge in [0.05, 0.1) is 17.7 Å². The van der Waals surface area contributed by atoms with Gasteiger partial charge in [0.1, 0.15) is 6.61 Å². The quantitative estimate of drug-likeness (QED) is 0.289. The number of para-hydroxylation sites is 1. The van der Waals surface area contributed by atoms with Crippen LogP contribution in [0.3, 0.4) is 0 Å². The van der Waals surface area contributed by atoms with Gasteiger partial charge in [-0.15, -0.1) is 0 Å². The number of amides is 1. The smallest absolute Gasteiger partial charge is 0.266 e. The van der Waals surface area contributed by atoms with Crippen LogP contribution in [0.4, 0.5) is 5.69 Å². The van der Waals surface area contributed by atoms with E-state index < -0.39 is 0 Å². The van der Waals surface area contributed by atoms with Crippen molar-refractivity contribution >= 4 is 50.5 Å². The molecule has 1 heterocycles. The largest absolute Gasteiger partial charge is 0.493 e. The lowest BCUT2D eigenvalue weighted by Crippen LogP contribution is -2.29. The molecular weight excluding hydrogens is 512 g/mol. The van der Waals surface area contributed by atoms with Crippen molar-refractivity contribution in [3.8, 4) is 11.5 Å². The van der Waals surface area contributed by atoms with E-state index in [0.717, 1.165) is 27.7 Å². The van der Waals surface area contributed by atoms with Gasteiger partial charge in [-0.25, -0.2) is 4.99 Å². The van der Waals surface area contributed by atoms with Crippen molar-refractivity contribution < 1.29 is 14.3 Å². The molecule has 0 aromatic heterocycles. The van der Waals surface area contributed by atoms with E-state index in [1.165, 1.54) is 11.8 Å². The Balaban J connectivity index is 1.61. The third-order valence-electron chi connectivity index (χ3n) is 5.12. The molecule has 0 aliphatic carbocycles. The number of rotatable bonds is 8. The van der Waals surface area contributed by atoms with Crippen LogP contribution in [0, 0.1) is 0 Å². The number of benzene rings is 3. The molecule has 3 aromatic carbocycles. The van der Waals surface area contributed by atoms with Gasteiger partial charge in [-0.1, -0.05) is 71.4 Å². The fourth-order valence-corrected chi connectivity index (χ4v) is 4.89. The summed E-state index contributed by atoms with van der Waals surface area (Å²) in [5, 5.41) is 0.690. The highest BCUT2D eigenvalue weighted by Crippen LogP contribution is 2.39. The molecule has 0 bridgehead atoms. The molecule has 3 aromatic rings. The lowest BCUT2D eigenvalue weighted by Gasteiger charge is -2.14. The Morgan fingerprint density at radius 1 is 1.03 bits per heavy atom. The van der Waals surface area contributed by atoms with Crippen molar-refractivity contribution in [1.82, 2.24) is 4.90 Å². The maximum Gasteiger partial charge on any atom is 0.266 e. The molecule has 1 fully saturated rings. The van der Waals surface area contributed by atoms with Crippen LogP contribution in [0.25, 0.3) is 6.08 Å². The molecule has 1 aliphatic rings. The first-order valence-electron chi connectivity index (χ1n) is 11.0. The standard InChI is InChI=1S/C27H25BrN2O3S/c1-3-14-30-26(31)25(34-27(30)29-21-12-8-5-9-13-21)16-20-15-23(32-2)24(17-22(20)28)33-18-19-10-6-4-7-11-19/h4-13,15-17H,3,14,18H2,1-2H3/b25-16+,29-27?. The van der Waals surface area contributed by atoms with Crippen molar-refractivity contribution in [3.63, 3.8) is 0 Å². The van der Waals surface area contributed by atoms with Crippen molar-refractivity contribution in [2.45, 2.75) is 20.0 Å². The van der Waals surface area contributed by atoms with Crippen LogP contribution in [0.2, 0.25) is 0 Å². The van der Waals surface area contributed by atoms with Gasteiger partial charge in [-0.05, 0) is 59.7 Å². The molecule has 0 unspecified atom stereocenters. The van der Waals surface area contributed by atoms with Crippen molar-refractivity contribution in [2.75, 3.05) is 13.7 Å². The first kappa shape index (κ1) is 24.1. The van der Waals surface area contributed by atoms with E-state index >= 15 is 0 Å². The molecule has 1 amide bonds. The summed E-state index contributed by atoms with van der Waals surface area (Å²) in [6, 6.07) is 23.4. The zero-order valence-corrected chi connectivity index (χ0v) is 21.4. The molecule has 0 radical (unpaired) electrons. The molecule has 174 valence electrons. The Labute approximate surface area is 212 Å². The summed E-state index contributed by atoms with van der Waals surface area (Å²) in [6.07, 6.45) is 2.72. The van der Waals surface area contributed by atoms with Crippen molar-refractivity contribution in [2.24, 2.45) is 4.99 Å². The van der Waals surface area contributed by atoms with Gasteiger partial charge >= 0.3 is 0 Å². The molecular formula is C27H25BrN2O3S. The Bertz CT molecular complexity index is 1210. The molecule has 0 saturated carbocycles. The Hall–Kier alpha value is -3.03.